The number of carbonyl (C=O) groups excluding carboxylic acids is 1. The van der Waals surface area contributed by atoms with E-state index in [4.69, 9.17) is 0 Å². The van der Waals surface area contributed by atoms with Crippen LogP contribution in [-0.4, -0.2) is 29.9 Å². The van der Waals surface area contributed by atoms with Crippen LogP contribution in [0.1, 0.15) is 36.8 Å². The van der Waals surface area contributed by atoms with Crippen LogP contribution >= 0.6 is 0 Å². The van der Waals surface area contributed by atoms with E-state index in [2.05, 4.69) is 29.6 Å². The number of benzene rings is 1. The number of nitrogens with one attached hydrogen (secondary N) is 1. The first kappa shape index (κ1) is 12.7. The Hall–Kier alpha value is -1.35. The Morgan fingerprint density at radius 3 is 2.68 bits per heavy atom. The summed E-state index contributed by atoms with van der Waals surface area (Å²) in [6.45, 7) is 2.82. The molecule has 1 amide bonds. The van der Waals surface area contributed by atoms with Gasteiger partial charge in [-0.2, -0.15) is 0 Å². The van der Waals surface area contributed by atoms with E-state index in [1.165, 1.54) is 30.4 Å². The number of carbonyl (C=O) groups is 1. The number of amides is 1. The van der Waals surface area contributed by atoms with Crippen LogP contribution in [0.2, 0.25) is 0 Å². The molecule has 1 fully saturated rings. The molecule has 0 spiro atoms. The quantitative estimate of drug-likeness (QED) is 0.881. The van der Waals surface area contributed by atoms with Gasteiger partial charge in [0, 0.05) is 32.1 Å². The van der Waals surface area contributed by atoms with Gasteiger partial charge >= 0.3 is 0 Å². The highest BCUT2D eigenvalue weighted by atomic mass is 16.2. The van der Waals surface area contributed by atoms with Crippen LogP contribution < -0.4 is 5.32 Å². The van der Waals surface area contributed by atoms with Crippen LogP contribution in [0.5, 0.6) is 0 Å². The van der Waals surface area contributed by atoms with Gasteiger partial charge in [-0.3, -0.25) is 4.79 Å². The molecule has 3 rings (SSSR count). The number of hydrogen-bond acceptors (Lipinski definition) is 2. The first-order valence-electron chi connectivity index (χ1n) is 7.41. The Kier molecular flexibility index (Phi) is 3.83. The van der Waals surface area contributed by atoms with Gasteiger partial charge in [-0.25, -0.2) is 0 Å². The Bertz CT molecular complexity index is 452. The second-order valence-electron chi connectivity index (χ2n) is 5.70. The molecule has 0 aromatic heterocycles. The maximum atomic E-state index is 12.3. The number of likely N-dealkylation sites (tertiary alicyclic amines) is 1. The minimum Gasteiger partial charge on any atom is -0.343 e. The van der Waals surface area contributed by atoms with Crippen LogP contribution in [0.4, 0.5) is 0 Å². The first-order valence-corrected chi connectivity index (χ1v) is 7.41. The topological polar surface area (TPSA) is 32.3 Å². The highest BCUT2D eigenvalue weighted by molar-refractivity contribution is 5.77. The number of rotatable bonds is 2. The summed E-state index contributed by atoms with van der Waals surface area (Å²) in [6, 6.07) is 8.84. The number of fused-ring (bicyclic) bond motifs is 1. The summed E-state index contributed by atoms with van der Waals surface area (Å²) in [5, 5.41) is 3.50. The summed E-state index contributed by atoms with van der Waals surface area (Å²) in [5.41, 5.74) is 2.78. The predicted molar refractivity (Wildman–Crippen MR) is 75.8 cm³/mol. The molecule has 1 unspecified atom stereocenters. The molecule has 102 valence electrons. The standard InChI is InChI=1S/C16H22N2O/c19-16(18-8-4-1-5-9-18)11-15-10-13-6-2-3-7-14(13)12-17-15/h2-3,6-7,15,17H,1,4-5,8-12H2. The smallest absolute Gasteiger partial charge is 0.224 e. The molecule has 0 saturated carbocycles. The van der Waals surface area contributed by atoms with Crippen molar-refractivity contribution >= 4 is 5.91 Å². The van der Waals surface area contributed by atoms with Crippen molar-refractivity contribution in [2.45, 2.75) is 44.7 Å². The van der Waals surface area contributed by atoms with Crippen molar-refractivity contribution in [3.8, 4) is 0 Å². The average molecular weight is 258 g/mol. The molecule has 1 saturated heterocycles. The van der Waals surface area contributed by atoms with Crippen LogP contribution in [0.15, 0.2) is 24.3 Å². The van der Waals surface area contributed by atoms with E-state index in [0.29, 0.717) is 18.4 Å². The van der Waals surface area contributed by atoms with Crippen LogP contribution in [-0.2, 0) is 17.8 Å². The maximum Gasteiger partial charge on any atom is 0.224 e. The fraction of sp³-hybridized carbons (Fsp3) is 0.562. The van der Waals surface area contributed by atoms with Gasteiger partial charge in [-0.15, -0.1) is 0 Å². The van der Waals surface area contributed by atoms with Crippen molar-refractivity contribution in [2.24, 2.45) is 0 Å². The van der Waals surface area contributed by atoms with Gasteiger partial charge in [0.05, 0.1) is 0 Å². The van der Waals surface area contributed by atoms with Crippen molar-refractivity contribution in [3.05, 3.63) is 35.4 Å². The highest BCUT2D eigenvalue weighted by Crippen LogP contribution is 2.19. The molecule has 1 aromatic rings. The lowest BCUT2D eigenvalue weighted by Crippen LogP contribution is -2.43. The lowest BCUT2D eigenvalue weighted by atomic mass is 9.94. The van der Waals surface area contributed by atoms with E-state index in [9.17, 15) is 4.79 Å². The van der Waals surface area contributed by atoms with Crippen molar-refractivity contribution in [1.82, 2.24) is 10.2 Å². The molecule has 2 aliphatic rings. The number of nitrogens with zero attached hydrogens (tertiary/aromatic N) is 1. The molecule has 1 aromatic carbocycles. The summed E-state index contributed by atoms with van der Waals surface area (Å²) in [7, 11) is 0. The third kappa shape index (κ3) is 2.98. The van der Waals surface area contributed by atoms with Crippen molar-refractivity contribution in [1.29, 1.82) is 0 Å². The maximum absolute atomic E-state index is 12.3. The fourth-order valence-electron chi connectivity index (χ4n) is 3.15. The van der Waals surface area contributed by atoms with E-state index < -0.39 is 0 Å². The van der Waals surface area contributed by atoms with Crippen LogP contribution in [0.3, 0.4) is 0 Å². The zero-order chi connectivity index (χ0) is 13.1. The molecular formula is C16H22N2O. The van der Waals surface area contributed by atoms with Gasteiger partial charge in [-0.05, 0) is 36.8 Å². The van der Waals surface area contributed by atoms with E-state index >= 15 is 0 Å². The summed E-state index contributed by atoms with van der Waals surface area (Å²) >= 11 is 0. The summed E-state index contributed by atoms with van der Waals surface area (Å²) in [5.74, 6) is 0.330. The minimum atomic E-state index is 0.310. The molecule has 2 heterocycles. The highest BCUT2D eigenvalue weighted by Gasteiger charge is 2.23. The van der Waals surface area contributed by atoms with Crippen LogP contribution in [0.25, 0.3) is 0 Å². The second kappa shape index (κ2) is 5.74. The van der Waals surface area contributed by atoms with E-state index in [1.807, 2.05) is 4.90 Å². The SMILES string of the molecule is O=C(CC1Cc2ccccc2CN1)N1CCCCC1. The van der Waals surface area contributed by atoms with E-state index in [-0.39, 0.29) is 0 Å². The average Bonchev–Trinajstić information content (AvgIpc) is 2.48. The van der Waals surface area contributed by atoms with Gasteiger partial charge in [0.25, 0.3) is 0 Å². The van der Waals surface area contributed by atoms with Gasteiger partial charge in [0.1, 0.15) is 0 Å². The zero-order valence-corrected chi connectivity index (χ0v) is 11.4. The van der Waals surface area contributed by atoms with Gasteiger partial charge in [0.2, 0.25) is 5.91 Å². The zero-order valence-electron chi connectivity index (χ0n) is 11.4. The molecule has 3 heteroatoms. The Labute approximate surface area is 115 Å². The molecule has 2 aliphatic heterocycles. The lowest BCUT2D eigenvalue weighted by molar-refractivity contribution is -0.132. The number of piperidine rings is 1. The lowest BCUT2D eigenvalue weighted by Gasteiger charge is -2.30. The predicted octanol–water partition coefficient (Wildman–Crippen LogP) is 2.10. The first-order chi connectivity index (χ1) is 9.33. The molecule has 3 nitrogen and oxygen atoms in total. The van der Waals surface area contributed by atoms with Gasteiger partial charge in [0.15, 0.2) is 0 Å². The Morgan fingerprint density at radius 1 is 1.16 bits per heavy atom. The number of hydrogen-bond donors (Lipinski definition) is 1. The molecule has 19 heavy (non-hydrogen) atoms. The third-order valence-electron chi connectivity index (χ3n) is 4.30. The molecule has 1 N–H and O–H groups in total. The van der Waals surface area contributed by atoms with Gasteiger partial charge < -0.3 is 10.2 Å². The third-order valence-corrected chi connectivity index (χ3v) is 4.30. The monoisotopic (exact) mass is 258 g/mol. The van der Waals surface area contributed by atoms with E-state index in [1.54, 1.807) is 0 Å². The molecule has 0 bridgehead atoms. The fourth-order valence-corrected chi connectivity index (χ4v) is 3.15. The normalized spacial score (nSPS) is 22.9. The Balaban J connectivity index is 1.58. The van der Waals surface area contributed by atoms with E-state index in [0.717, 1.165) is 26.1 Å². The molecular weight excluding hydrogens is 236 g/mol. The summed E-state index contributed by atoms with van der Waals surface area (Å²) < 4.78 is 0. The second-order valence-corrected chi connectivity index (χ2v) is 5.70. The van der Waals surface area contributed by atoms with Crippen molar-refractivity contribution in [2.75, 3.05) is 13.1 Å². The van der Waals surface area contributed by atoms with Crippen molar-refractivity contribution < 1.29 is 4.79 Å². The molecule has 1 atom stereocenters. The minimum absolute atomic E-state index is 0.310. The largest absolute Gasteiger partial charge is 0.343 e. The summed E-state index contributed by atoms with van der Waals surface area (Å²) in [4.78, 5) is 14.3. The van der Waals surface area contributed by atoms with Crippen LogP contribution in [0, 0.1) is 0 Å². The Morgan fingerprint density at radius 2 is 1.89 bits per heavy atom. The summed E-state index contributed by atoms with van der Waals surface area (Å²) in [6.07, 6.45) is 5.25. The van der Waals surface area contributed by atoms with Crippen molar-refractivity contribution in [3.63, 3.8) is 0 Å². The van der Waals surface area contributed by atoms with Gasteiger partial charge in [-0.1, -0.05) is 24.3 Å². The molecule has 0 radical (unpaired) electrons. The molecule has 0 aliphatic carbocycles.